The highest BCUT2D eigenvalue weighted by atomic mass is 32.2. The molecule has 0 unspecified atom stereocenters. The molecule has 1 heterocycles. The first-order valence-electron chi connectivity index (χ1n) is 7.09. The van der Waals surface area contributed by atoms with Crippen molar-refractivity contribution in [3.8, 4) is 5.75 Å². The fourth-order valence-electron chi connectivity index (χ4n) is 2.24. The summed E-state index contributed by atoms with van der Waals surface area (Å²) < 4.78 is 5.61. The number of thiocarbonyl (C=S) groups is 1. The van der Waals surface area contributed by atoms with Crippen molar-refractivity contribution in [2.45, 2.75) is 0 Å². The molecular weight excluding hydrogens is 342 g/mol. The molecule has 0 bridgehead atoms. The molecule has 0 atom stereocenters. The van der Waals surface area contributed by atoms with E-state index >= 15 is 0 Å². The molecule has 1 saturated heterocycles. The predicted octanol–water partition coefficient (Wildman–Crippen LogP) is 3.91. The monoisotopic (exact) mass is 355 g/mol. The van der Waals surface area contributed by atoms with E-state index in [1.165, 1.54) is 16.7 Å². The average molecular weight is 355 g/mol. The van der Waals surface area contributed by atoms with E-state index in [1.807, 2.05) is 0 Å². The Kier molecular flexibility index (Phi) is 4.78. The highest BCUT2D eigenvalue weighted by Crippen LogP contribution is 2.36. The van der Waals surface area contributed by atoms with Crippen molar-refractivity contribution < 1.29 is 14.3 Å². The first-order chi connectivity index (χ1) is 11.6. The molecule has 0 N–H and O–H groups in total. The Hall–Kier alpha value is -2.44. The maximum Gasteiger partial charge on any atom is 0.270 e. The van der Waals surface area contributed by atoms with Gasteiger partial charge in [-0.25, -0.2) is 0 Å². The molecule has 0 spiro atoms. The van der Waals surface area contributed by atoms with Gasteiger partial charge in [0.1, 0.15) is 12.0 Å². The number of benzene rings is 2. The van der Waals surface area contributed by atoms with Gasteiger partial charge in [0.2, 0.25) is 0 Å². The molecule has 0 radical (unpaired) electrons. The van der Waals surface area contributed by atoms with Crippen LogP contribution in [0.25, 0.3) is 6.08 Å². The van der Waals surface area contributed by atoms with Crippen LogP contribution in [0.4, 0.5) is 5.69 Å². The Morgan fingerprint density at radius 3 is 2.25 bits per heavy atom. The number of rotatable bonds is 4. The zero-order chi connectivity index (χ0) is 17.1. The lowest BCUT2D eigenvalue weighted by molar-refractivity contribution is -0.113. The molecule has 120 valence electrons. The molecule has 1 aliphatic heterocycles. The standard InChI is InChI=1S/C18H13NO3S2/c1-22-15-8-6-14(7-9-15)19-17(21)16(24-18(19)23)10-12-2-4-13(11-20)5-3-12/h2-11H,1H3/b16-10+. The number of carbonyl (C=O) groups excluding carboxylic acids is 2. The Labute approximate surface area is 149 Å². The van der Waals surface area contributed by atoms with Crippen LogP contribution < -0.4 is 9.64 Å². The Morgan fingerprint density at radius 2 is 1.67 bits per heavy atom. The molecule has 6 heteroatoms. The summed E-state index contributed by atoms with van der Waals surface area (Å²) in [6.07, 6.45) is 2.56. The van der Waals surface area contributed by atoms with Gasteiger partial charge in [0.15, 0.2) is 4.32 Å². The minimum Gasteiger partial charge on any atom is -0.497 e. The van der Waals surface area contributed by atoms with Crippen LogP contribution in [0, 0.1) is 0 Å². The van der Waals surface area contributed by atoms with Gasteiger partial charge in [-0.15, -0.1) is 0 Å². The van der Waals surface area contributed by atoms with E-state index in [0.717, 1.165) is 17.6 Å². The number of anilines is 1. The first-order valence-corrected chi connectivity index (χ1v) is 8.32. The fourth-order valence-corrected chi connectivity index (χ4v) is 3.54. The van der Waals surface area contributed by atoms with Crippen molar-refractivity contribution in [2.24, 2.45) is 0 Å². The largest absolute Gasteiger partial charge is 0.497 e. The van der Waals surface area contributed by atoms with Crippen LogP contribution >= 0.6 is 24.0 Å². The van der Waals surface area contributed by atoms with Crippen molar-refractivity contribution in [1.82, 2.24) is 0 Å². The molecule has 4 nitrogen and oxygen atoms in total. The van der Waals surface area contributed by atoms with E-state index in [4.69, 9.17) is 17.0 Å². The highest BCUT2D eigenvalue weighted by Gasteiger charge is 2.33. The third-order valence-corrected chi connectivity index (χ3v) is 4.80. The third kappa shape index (κ3) is 3.25. The Balaban J connectivity index is 1.87. The Bertz CT molecular complexity index is 826. The lowest BCUT2D eigenvalue weighted by Gasteiger charge is -2.14. The van der Waals surface area contributed by atoms with E-state index in [0.29, 0.717) is 20.5 Å². The number of nitrogens with zero attached hydrogens (tertiary/aromatic N) is 1. The second-order valence-electron chi connectivity index (χ2n) is 5.00. The predicted molar refractivity (Wildman–Crippen MR) is 100 cm³/mol. The summed E-state index contributed by atoms with van der Waals surface area (Å²) in [7, 11) is 1.59. The van der Waals surface area contributed by atoms with Gasteiger partial charge in [-0.3, -0.25) is 14.5 Å². The molecule has 0 aromatic heterocycles. The molecule has 2 aromatic rings. The quantitative estimate of drug-likeness (QED) is 0.473. The van der Waals surface area contributed by atoms with Crippen LogP contribution in [0.5, 0.6) is 5.75 Å². The van der Waals surface area contributed by atoms with Gasteiger partial charge in [0, 0.05) is 5.56 Å². The molecule has 1 aliphatic rings. The molecule has 1 fully saturated rings. The van der Waals surface area contributed by atoms with E-state index in [9.17, 15) is 9.59 Å². The second-order valence-corrected chi connectivity index (χ2v) is 6.68. The Morgan fingerprint density at radius 1 is 1.04 bits per heavy atom. The van der Waals surface area contributed by atoms with Gasteiger partial charge in [-0.05, 0) is 35.9 Å². The smallest absolute Gasteiger partial charge is 0.270 e. The summed E-state index contributed by atoms with van der Waals surface area (Å²) in [4.78, 5) is 25.4. The van der Waals surface area contributed by atoms with Gasteiger partial charge >= 0.3 is 0 Å². The van der Waals surface area contributed by atoms with Gasteiger partial charge in [0.05, 0.1) is 17.7 Å². The molecule has 24 heavy (non-hydrogen) atoms. The van der Waals surface area contributed by atoms with Crippen LogP contribution in [0.1, 0.15) is 15.9 Å². The summed E-state index contributed by atoms with van der Waals surface area (Å²) in [6, 6.07) is 14.2. The maximum atomic E-state index is 12.7. The molecular formula is C18H13NO3S2. The van der Waals surface area contributed by atoms with Crippen LogP contribution in [-0.4, -0.2) is 23.6 Å². The average Bonchev–Trinajstić information content (AvgIpc) is 2.89. The molecule has 1 amide bonds. The summed E-state index contributed by atoms with van der Waals surface area (Å²) >= 11 is 6.60. The van der Waals surface area contributed by atoms with Crippen LogP contribution in [0.15, 0.2) is 53.4 Å². The topological polar surface area (TPSA) is 46.6 Å². The molecule has 0 aliphatic carbocycles. The number of aldehydes is 1. The zero-order valence-electron chi connectivity index (χ0n) is 12.8. The number of amides is 1. The minimum atomic E-state index is -0.158. The first kappa shape index (κ1) is 16.4. The number of methoxy groups -OCH3 is 1. The number of hydrogen-bond acceptors (Lipinski definition) is 5. The summed E-state index contributed by atoms with van der Waals surface area (Å²) in [5.74, 6) is 0.560. The van der Waals surface area contributed by atoms with Crippen LogP contribution in [0.2, 0.25) is 0 Å². The van der Waals surface area contributed by atoms with Crippen LogP contribution in [-0.2, 0) is 4.79 Å². The van der Waals surface area contributed by atoms with E-state index < -0.39 is 0 Å². The highest BCUT2D eigenvalue weighted by molar-refractivity contribution is 8.27. The normalized spacial score (nSPS) is 15.9. The maximum absolute atomic E-state index is 12.7. The lowest BCUT2D eigenvalue weighted by atomic mass is 10.1. The van der Waals surface area contributed by atoms with Gasteiger partial charge in [-0.1, -0.05) is 48.2 Å². The van der Waals surface area contributed by atoms with Crippen molar-refractivity contribution >= 4 is 52.3 Å². The number of hydrogen-bond donors (Lipinski definition) is 0. The molecule has 0 saturated carbocycles. The van der Waals surface area contributed by atoms with Crippen LogP contribution in [0.3, 0.4) is 0 Å². The second kappa shape index (κ2) is 6.98. The minimum absolute atomic E-state index is 0.158. The van der Waals surface area contributed by atoms with E-state index in [2.05, 4.69) is 0 Å². The van der Waals surface area contributed by atoms with Gasteiger partial charge in [0.25, 0.3) is 5.91 Å². The van der Waals surface area contributed by atoms with Crippen molar-refractivity contribution in [1.29, 1.82) is 0 Å². The SMILES string of the molecule is COc1ccc(N2C(=O)/C(=C\c3ccc(C=O)cc3)SC2=S)cc1. The molecule has 3 rings (SSSR count). The van der Waals surface area contributed by atoms with Gasteiger partial charge < -0.3 is 4.74 Å². The van der Waals surface area contributed by atoms with E-state index in [-0.39, 0.29) is 5.91 Å². The van der Waals surface area contributed by atoms with E-state index in [1.54, 1.807) is 61.7 Å². The lowest BCUT2D eigenvalue weighted by Crippen LogP contribution is -2.27. The van der Waals surface area contributed by atoms with Crippen molar-refractivity contribution in [3.05, 3.63) is 64.6 Å². The molecule has 2 aromatic carbocycles. The van der Waals surface area contributed by atoms with Crippen molar-refractivity contribution in [3.63, 3.8) is 0 Å². The summed E-state index contributed by atoms with van der Waals surface area (Å²) in [5.41, 5.74) is 2.15. The van der Waals surface area contributed by atoms with Crippen molar-refractivity contribution in [2.75, 3.05) is 12.0 Å². The summed E-state index contributed by atoms with van der Waals surface area (Å²) in [6.45, 7) is 0. The number of thioether (sulfide) groups is 1. The number of carbonyl (C=O) groups is 2. The third-order valence-electron chi connectivity index (χ3n) is 3.49. The fraction of sp³-hybridized carbons (Fsp3) is 0.0556. The van der Waals surface area contributed by atoms with Gasteiger partial charge in [-0.2, -0.15) is 0 Å². The zero-order valence-corrected chi connectivity index (χ0v) is 14.4. The summed E-state index contributed by atoms with van der Waals surface area (Å²) in [5, 5.41) is 0. The number of ether oxygens (including phenoxy) is 1.